The Kier molecular flexibility index (Phi) is 3.76. The highest BCUT2D eigenvalue weighted by molar-refractivity contribution is 6.29. The van der Waals surface area contributed by atoms with E-state index in [1.165, 1.54) is 23.8 Å². The molecule has 0 spiro atoms. The van der Waals surface area contributed by atoms with Crippen LogP contribution in [0.2, 0.25) is 5.15 Å². The minimum atomic E-state index is -1.12. The molecule has 1 amide bonds. The fraction of sp³-hybridized carbons (Fsp3) is 0.350. The van der Waals surface area contributed by atoms with Crippen molar-refractivity contribution in [3.05, 3.63) is 52.7 Å². The summed E-state index contributed by atoms with van der Waals surface area (Å²) in [6.07, 6.45) is 6.92. The van der Waals surface area contributed by atoms with E-state index in [0.717, 1.165) is 24.1 Å². The molecule has 2 aliphatic carbocycles. The van der Waals surface area contributed by atoms with Gasteiger partial charge in [-0.25, -0.2) is 19.3 Å². The summed E-state index contributed by atoms with van der Waals surface area (Å²) in [5.41, 5.74) is 3.94. The Balaban J connectivity index is 1.39. The van der Waals surface area contributed by atoms with Gasteiger partial charge in [-0.05, 0) is 43.7 Å². The molecule has 6 rings (SSSR count). The van der Waals surface area contributed by atoms with Crippen molar-refractivity contribution < 1.29 is 9.90 Å². The zero-order chi connectivity index (χ0) is 20.4. The fourth-order valence-corrected chi connectivity index (χ4v) is 4.02. The van der Waals surface area contributed by atoms with Gasteiger partial charge in [0.05, 0.1) is 30.3 Å². The van der Waals surface area contributed by atoms with Gasteiger partial charge in [0.25, 0.3) is 0 Å². The molecule has 2 saturated carbocycles. The Bertz CT molecular complexity index is 1310. The zero-order valence-corrected chi connectivity index (χ0v) is 16.7. The van der Waals surface area contributed by atoms with Gasteiger partial charge in [-0.2, -0.15) is 14.7 Å². The number of anilines is 1. The van der Waals surface area contributed by atoms with Gasteiger partial charge in [0.15, 0.2) is 11.3 Å². The largest absolute Gasteiger partial charge is 0.465 e. The standard InChI is InChI=1S/C20H18ClN7O2/c21-16-7-18(28-19(24-16)14(8-22-28)11-1-2-11)26(20(29)30)9-13-10-27-17(23-13)6-5-15(25-27)12-3-4-12/h5-8,10-12H,1-4,9H2,(H,29,30). The first-order chi connectivity index (χ1) is 14.6. The number of rotatable bonds is 5. The molecule has 0 aromatic carbocycles. The van der Waals surface area contributed by atoms with Gasteiger partial charge in [0.2, 0.25) is 0 Å². The molecule has 0 bridgehead atoms. The molecule has 4 aromatic rings. The first-order valence-corrected chi connectivity index (χ1v) is 10.3. The highest BCUT2D eigenvalue weighted by Crippen LogP contribution is 2.42. The van der Waals surface area contributed by atoms with Gasteiger partial charge in [0.1, 0.15) is 11.0 Å². The molecule has 152 valence electrons. The minimum absolute atomic E-state index is 0.0471. The molecule has 4 aromatic heterocycles. The SMILES string of the molecule is O=C(O)N(Cc1cn2nc(C3CC3)ccc2n1)c1cc(Cl)nc2c(C3CC3)cnn12. The van der Waals surface area contributed by atoms with Crippen LogP contribution < -0.4 is 4.90 Å². The van der Waals surface area contributed by atoms with Crippen LogP contribution in [0.15, 0.2) is 30.6 Å². The molecule has 0 radical (unpaired) electrons. The van der Waals surface area contributed by atoms with Crippen LogP contribution in [0, 0.1) is 0 Å². The van der Waals surface area contributed by atoms with Crippen LogP contribution in [-0.4, -0.2) is 40.4 Å². The lowest BCUT2D eigenvalue weighted by Crippen LogP contribution is -2.31. The van der Waals surface area contributed by atoms with Crippen LogP contribution >= 0.6 is 11.6 Å². The lowest BCUT2D eigenvalue weighted by atomic mass is 10.2. The van der Waals surface area contributed by atoms with Crippen molar-refractivity contribution >= 4 is 34.8 Å². The van der Waals surface area contributed by atoms with Crippen molar-refractivity contribution in [2.24, 2.45) is 0 Å². The Hall–Kier alpha value is -3.20. The number of hydrogen-bond donors (Lipinski definition) is 1. The number of imidazole rings is 1. The number of aromatic nitrogens is 6. The van der Waals surface area contributed by atoms with E-state index in [2.05, 4.69) is 20.2 Å². The van der Waals surface area contributed by atoms with Crippen molar-refractivity contribution in [3.63, 3.8) is 0 Å². The molecule has 30 heavy (non-hydrogen) atoms. The molecule has 0 saturated heterocycles. The number of fused-ring (bicyclic) bond motifs is 2. The maximum absolute atomic E-state index is 12.2. The van der Waals surface area contributed by atoms with Crippen LogP contribution in [0.3, 0.4) is 0 Å². The molecule has 2 aliphatic rings. The topological polar surface area (TPSA) is 101 Å². The average molecular weight is 424 g/mol. The summed E-state index contributed by atoms with van der Waals surface area (Å²) >= 11 is 6.25. The molecule has 1 N–H and O–H groups in total. The Labute approximate surface area is 175 Å². The van der Waals surface area contributed by atoms with Gasteiger partial charge in [-0.1, -0.05) is 11.6 Å². The van der Waals surface area contributed by atoms with Gasteiger partial charge in [-0.3, -0.25) is 4.90 Å². The summed E-state index contributed by atoms with van der Waals surface area (Å²) in [6.45, 7) is 0.0471. The van der Waals surface area contributed by atoms with Crippen LogP contribution in [0.1, 0.15) is 54.5 Å². The zero-order valence-electron chi connectivity index (χ0n) is 15.9. The number of carbonyl (C=O) groups is 1. The highest BCUT2D eigenvalue weighted by Gasteiger charge is 2.30. The number of carboxylic acid groups (broad SMARTS) is 1. The lowest BCUT2D eigenvalue weighted by molar-refractivity contribution is 0.201. The van der Waals surface area contributed by atoms with Gasteiger partial charge < -0.3 is 5.11 Å². The first-order valence-electron chi connectivity index (χ1n) is 9.96. The molecular formula is C20H18ClN7O2. The van der Waals surface area contributed by atoms with Crippen LogP contribution in [0.5, 0.6) is 0 Å². The summed E-state index contributed by atoms with van der Waals surface area (Å²) in [4.78, 5) is 22.3. The second-order valence-corrected chi connectivity index (χ2v) is 8.37. The maximum Gasteiger partial charge on any atom is 0.413 e. The average Bonchev–Trinajstić information content (AvgIpc) is 3.65. The summed E-state index contributed by atoms with van der Waals surface area (Å²) in [6, 6.07) is 5.44. The molecule has 10 heteroatoms. The van der Waals surface area contributed by atoms with Gasteiger partial charge in [0, 0.05) is 17.5 Å². The molecule has 0 aliphatic heterocycles. The quantitative estimate of drug-likeness (QED) is 0.489. The second-order valence-electron chi connectivity index (χ2n) is 7.98. The Morgan fingerprint density at radius 2 is 2.00 bits per heavy atom. The van der Waals surface area contributed by atoms with Crippen molar-refractivity contribution in [2.45, 2.75) is 44.1 Å². The third kappa shape index (κ3) is 2.97. The van der Waals surface area contributed by atoms with E-state index in [1.54, 1.807) is 21.4 Å². The van der Waals surface area contributed by atoms with Crippen molar-refractivity contribution in [2.75, 3.05) is 4.90 Å². The van der Waals surface area contributed by atoms with E-state index in [4.69, 9.17) is 11.6 Å². The van der Waals surface area contributed by atoms with Crippen LogP contribution in [0.4, 0.5) is 10.6 Å². The lowest BCUT2D eigenvalue weighted by Gasteiger charge is -2.19. The van der Waals surface area contributed by atoms with Gasteiger partial charge >= 0.3 is 6.09 Å². The van der Waals surface area contributed by atoms with E-state index in [9.17, 15) is 9.90 Å². The third-order valence-corrected chi connectivity index (χ3v) is 5.87. The molecule has 9 nitrogen and oxygen atoms in total. The van der Waals surface area contributed by atoms with E-state index >= 15 is 0 Å². The Morgan fingerprint density at radius 1 is 1.20 bits per heavy atom. The first kappa shape index (κ1) is 17.6. The van der Waals surface area contributed by atoms with Crippen LogP contribution in [-0.2, 0) is 6.54 Å². The summed E-state index contributed by atoms with van der Waals surface area (Å²) < 4.78 is 3.27. The molecule has 4 heterocycles. The van der Waals surface area contributed by atoms with E-state index < -0.39 is 6.09 Å². The van der Waals surface area contributed by atoms with E-state index in [-0.39, 0.29) is 11.7 Å². The van der Waals surface area contributed by atoms with Crippen molar-refractivity contribution in [1.82, 2.24) is 29.2 Å². The van der Waals surface area contributed by atoms with Crippen molar-refractivity contribution in [3.8, 4) is 0 Å². The second kappa shape index (κ2) is 6.40. The summed E-state index contributed by atoms with van der Waals surface area (Å²) in [5.74, 6) is 1.29. The number of hydrogen-bond acceptors (Lipinski definition) is 5. The third-order valence-electron chi connectivity index (χ3n) is 5.68. The van der Waals surface area contributed by atoms with Crippen LogP contribution in [0.25, 0.3) is 11.3 Å². The maximum atomic E-state index is 12.2. The van der Waals surface area contributed by atoms with Gasteiger partial charge in [-0.15, -0.1) is 0 Å². The minimum Gasteiger partial charge on any atom is -0.465 e. The molecule has 0 atom stereocenters. The number of halogens is 1. The predicted molar refractivity (Wildman–Crippen MR) is 109 cm³/mol. The molecule has 0 unspecified atom stereocenters. The monoisotopic (exact) mass is 423 g/mol. The van der Waals surface area contributed by atoms with E-state index in [0.29, 0.717) is 34.6 Å². The summed E-state index contributed by atoms with van der Waals surface area (Å²) in [5, 5.41) is 19.2. The number of amides is 1. The molecule has 2 fully saturated rings. The number of nitrogens with zero attached hydrogens (tertiary/aromatic N) is 7. The fourth-order valence-electron chi connectivity index (χ4n) is 3.84. The van der Waals surface area contributed by atoms with E-state index in [1.807, 2.05) is 12.1 Å². The summed E-state index contributed by atoms with van der Waals surface area (Å²) in [7, 11) is 0. The molecular weight excluding hydrogens is 406 g/mol. The normalized spacial score (nSPS) is 16.4. The van der Waals surface area contributed by atoms with Crippen molar-refractivity contribution in [1.29, 1.82) is 0 Å². The smallest absolute Gasteiger partial charge is 0.413 e. The highest BCUT2D eigenvalue weighted by atomic mass is 35.5. The Morgan fingerprint density at radius 3 is 2.73 bits per heavy atom. The predicted octanol–water partition coefficient (Wildman–Crippen LogP) is 3.86.